The number of hydrogen-bond donors (Lipinski definition) is 0. The highest BCUT2D eigenvalue weighted by molar-refractivity contribution is 6.38. The van der Waals surface area contributed by atoms with Gasteiger partial charge in [-0.05, 0) is 6.07 Å². The molecule has 0 unspecified atom stereocenters. The lowest BCUT2D eigenvalue weighted by molar-refractivity contribution is -0.385. The number of halogens is 6. The van der Waals surface area contributed by atoms with Crippen LogP contribution in [0.4, 0.5) is 23.2 Å². The molecule has 0 spiro atoms. The van der Waals surface area contributed by atoms with Gasteiger partial charge < -0.3 is 0 Å². The van der Waals surface area contributed by atoms with Gasteiger partial charge in [0.15, 0.2) is 5.02 Å². The molecule has 16 heavy (non-hydrogen) atoms. The molecule has 0 atom stereocenters. The number of nitro groups is 1. The van der Waals surface area contributed by atoms with E-state index in [0.29, 0.717) is 0 Å². The Morgan fingerprint density at radius 3 is 2.12 bits per heavy atom. The van der Waals surface area contributed by atoms with Gasteiger partial charge in [-0.25, -0.2) is 4.39 Å². The third-order valence-electron chi connectivity index (χ3n) is 1.62. The van der Waals surface area contributed by atoms with E-state index < -0.39 is 38.2 Å². The van der Waals surface area contributed by atoms with E-state index in [9.17, 15) is 27.7 Å². The van der Waals surface area contributed by atoms with Gasteiger partial charge in [0.2, 0.25) is 0 Å². The fourth-order valence-corrected chi connectivity index (χ4v) is 1.55. The van der Waals surface area contributed by atoms with E-state index in [4.69, 9.17) is 23.2 Å². The summed E-state index contributed by atoms with van der Waals surface area (Å²) in [7, 11) is 0. The molecule has 0 aliphatic rings. The molecule has 0 aliphatic carbocycles. The fraction of sp³-hybridized carbons (Fsp3) is 0.143. The smallest absolute Gasteiger partial charge is 0.258 e. The molecule has 0 saturated heterocycles. The SMILES string of the molecule is O=[N+]([O-])c1c(Cl)c(F)cc(C(F)(F)F)c1Cl. The van der Waals surface area contributed by atoms with Crippen molar-refractivity contribution in [1.82, 2.24) is 0 Å². The summed E-state index contributed by atoms with van der Waals surface area (Å²) in [5.41, 5.74) is -2.93. The van der Waals surface area contributed by atoms with Crippen molar-refractivity contribution in [3.05, 3.63) is 37.6 Å². The van der Waals surface area contributed by atoms with Crippen LogP contribution in [0.15, 0.2) is 6.07 Å². The molecular weight excluding hydrogens is 277 g/mol. The molecule has 0 amide bonds. The quantitative estimate of drug-likeness (QED) is 0.336. The molecule has 0 N–H and O–H groups in total. The Balaban J connectivity index is 3.64. The summed E-state index contributed by atoms with van der Waals surface area (Å²) in [5.74, 6) is -1.55. The predicted octanol–water partition coefficient (Wildman–Crippen LogP) is 4.06. The standard InChI is InChI=1S/C7HCl2F4NO2/c8-4-2(7(11,12)13)1-3(10)5(9)6(4)14(15)16/h1H. The molecule has 1 aromatic rings. The lowest BCUT2D eigenvalue weighted by atomic mass is 10.2. The molecular formula is C7HCl2F4NO2. The van der Waals surface area contributed by atoms with E-state index in [1.807, 2.05) is 0 Å². The van der Waals surface area contributed by atoms with E-state index in [-0.39, 0.29) is 6.07 Å². The Morgan fingerprint density at radius 2 is 1.75 bits per heavy atom. The molecule has 9 heteroatoms. The van der Waals surface area contributed by atoms with E-state index >= 15 is 0 Å². The van der Waals surface area contributed by atoms with Crippen molar-refractivity contribution >= 4 is 28.9 Å². The average molecular weight is 278 g/mol. The highest BCUT2D eigenvalue weighted by atomic mass is 35.5. The summed E-state index contributed by atoms with van der Waals surface area (Å²) in [5, 5.41) is 8.09. The third-order valence-corrected chi connectivity index (χ3v) is 2.36. The molecule has 0 heterocycles. The zero-order chi connectivity index (χ0) is 12.7. The Kier molecular flexibility index (Phi) is 3.30. The second-order valence-corrected chi connectivity index (χ2v) is 3.39. The maximum atomic E-state index is 12.9. The summed E-state index contributed by atoms with van der Waals surface area (Å²) < 4.78 is 49.8. The van der Waals surface area contributed by atoms with Crippen molar-refractivity contribution in [1.29, 1.82) is 0 Å². The first-order valence-corrected chi connectivity index (χ1v) is 4.31. The number of nitro benzene ring substituents is 1. The number of benzene rings is 1. The molecule has 1 rings (SSSR count). The maximum absolute atomic E-state index is 12.9. The van der Waals surface area contributed by atoms with Gasteiger partial charge in [-0.2, -0.15) is 13.2 Å². The van der Waals surface area contributed by atoms with Crippen LogP contribution in [-0.2, 0) is 6.18 Å². The minimum absolute atomic E-state index is 0.0116. The van der Waals surface area contributed by atoms with Gasteiger partial charge in [0.05, 0.1) is 10.5 Å². The number of alkyl halides is 3. The predicted molar refractivity (Wildman–Crippen MR) is 48.1 cm³/mol. The van der Waals surface area contributed by atoms with Crippen molar-refractivity contribution in [2.24, 2.45) is 0 Å². The molecule has 88 valence electrons. The van der Waals surface area contributed by atoms with Crippen LogP contribution in [0.1, 0.15) is 5.56 Å². The zero-order valence-corrected chi connectivity index (χ0v) is 8.62. The maximum Gasteiger partial charge on any atom is 0.418 e. The van der Waals surface area contributed by atoms with Gasteiger partial charge in [0, 0.05) is 0 Å². The summed E-state index contributed by atoms with van der Waals surface area (Å²) in [6.07, 6.45) is -4.99. The number of rotatable bonds is 1. The van der Waals surface area contributed by atoms with Crippen molar-refractivity contribution in [3.63, 3.8) is 0 Å². The van der Waals surface area contributed by atoms with Gasteiger partial charge in [-0.3, -0.25) is 10.1 Å². The topological polar surface area (TPSA) is 43.1 Å². The molecule has 0 fully saturated rings. The van der Waals surface area contributed by atoms with Crippen molar-refractivity contribution < 1.29 is 22.5 Å². The molecule has 0 saturated carbocycles. The van der Waals surface area contributed by atoms with E-state index in [1.54, 1.807) is 0 Å². The van der Waals surface area contributed by atoms with E-state index in [1.165, 1.54) is 0 Å². The second kappa shape index (κ2) is 4.06. The second-order valence-electron chi connectivity index (χ2n) is 2.64. The lowest BCUT2D eigenvalue weighted by Crippen LogP contribution is -2.08. The molecule has 3 nitrogen and oxygen atoms in total. The molecule has 0 aliphatic heterocycles. The molecule has 0 bridgehead atoms. The van der Waals surface area contributed by atoms with E-state index in [2.05, 4.69) is 0 Å². The Hall–Kier alpha value is -1.08. The molecule has 1 aromatic carbocycles. The minimum atomic E-state index is -4.99. The molecule has 0 radical (unpaired) electrons. The average Bonchev–Trinajstić information content (AvgIpc) is 2.09. The van der Waals surface area contributed by atoms with Gasteiger partial charge >= 0.3 is 11.9 Å². The summed E-state index contributed by atoms with van der Waals surface area (Å²) >= 11 is 10.3. The summed E-state index contributed by atoms with van der Waals surface area (Å²) in [6.45, 7) is 0. The normalized spacial score (nSPS) is 11.6. The molecule has 0 aromatic heterocycles. The third kappa shape index (κ3) is 2.19. The van der Waals surface area contributed by atoms with Gasteiger partial charge in [0.25, 0.3) is 0 Å². The van der Waals surface area contributed by atoms with Gasteiger partial charge in [-0.15, -0.1) is 0 Å². The van der Waals surface area contributed by atoms with E-state index in [0.717, 1.165) is 0 Å². The first-order chi connectivity index (χ1) is 7.16. The monoisotopic (exact) mass is 277 g/mol. The lowest BCUT2D eigenvalue weighted by Gasteiger charge is -2.09. The summed E-state index contributed by atoms with van der Waals surface area (Å²) in [4.78, 5) is 9.10. The first-order valence-electron chi connectivity index (χ1n) is 3.55. The van der Waals surface area contributed by atoms with Crippen LogP contribution in [0.2, 0.25) is 10.0 Å². The van der Waals surface area contributed by atoms with Crippen LogP contribution >= 0.6 is 23.2 Å². The van der Waals surface area contributed by atoms with Crippen molar-refractivity contribution in [2.45, 2.75) is 6.18 Å². The van der Waals surface area contributed by atoms with Gasteiger partial charge in [0.1, 0.15) is 10.8 Å². The van der Waals surface area contributed by atoms with Crippen molar-refractivity contribution in [3.8, 4) is 0 Å². The number of hydrogen-bond acceptors (Lipinski definition) is 2. The highest BCUT2D eigenvalue weighted by Crippen LogP contribution is 2.43. The van der Waals surface area contributed by atoms with Gasteiger partial charge in [-0.1, -0.05) is 23.2 Å². The fourth-order valence-electron chi connectivity index (χ4n) is 0.957. The Morgan fingerprint density at radius 1 is 1.25 bits per heavy atom. The van der Waals surface area contributed by atoms with Crippen LogP contribution in [-0.4, -0.2) is 4.92 Å². The summed E-state index contributed by atoms with van der Waals surface area (Å²) in [6, 6.07) is 0.0116. The highest BCUT2D eigenvalue weighted by Gasteiger charge is 2.39. The Labute approximate surface area is 95.7 Å². The van der Waals surface area contributed by atoms with Crippen LogP contribution in [0.25, 0.3) is 0 Å². The van der Waals surface area contributed by atoms with Crippen LogP contribution in [0.3, 0.4) is 0 Å². The Bertz CT molecular complexity index is 461. The zero-order valence-electron chi connectivity index (χ0n) is 7.11. The van der Waals surface area contributed by atoms with Crippen LogP contribution < -0.4 is 0 Å². The number of nitrogens with zero attached hydrogens (tertiary/aromatic N) is 1. The van der Waals surface area contributed by atoms with Crippen molar-refractivity contribution in [2.75, 3.05) is 0 Å². The first kappa shape index (κ1) is 13.0. The minimum Gasteiger partial charge on any atom is -0.258 e. The largest absolute Gasteiger partial charge is 0.418 e. The van der Waals surface area contributed by atoms with Crippen LogP contribution in [0.5, 0.6) is 0 Å². The van der Waals surface area contributed by atoms with Crippen LogP contribution in [0, 0.1) is 15.9 Å².